The van der Waals surface area contributed by atoms with Crippen LogP contribution in [0.3, 0.4) is 0 Å². The molecule has 1 aliphatic heterocycles. The fourth-order valence-electron chi connectivity index (χ4n) is 9.22. The molecule has 1 unspecified atom stereocenters. The molecule has 8 N–H and O–H groups in total. The number of nitrogens with zero attached hydrogens (tertiary/aromatic N) is 8. The third kappa shape index (κ3) is 14.4. The number of aromatic nitrogens is 6. The smallest absolute Gasteiger partial charge is 0.328 e. The zero-order valence-corrected chi connectivity index (χ0v) is 48.2. The molecule has 0 spiro atoms. The number of nitrogens with one attached hydrogen (secondary N) is 3. The van der Waals surface area contributed by atoms with Crippen LogP contribution in [0.2, 0.25) is 0 Å². The molecule has 0 bridgehead atoms. The molecular formula is C55H65N13O15S. The Kier molecular flexibility index (Phi) is 20.0. The molecule has 4 aromatic heterocycles. The van der Waals surface area contributed by atoms with Gasteiger partial charge in [-0.15, -0.1) is 0 Å². The van der Waals surface area contributed by atoms with Crippen molar-refractivity contribution >= 4 is 97.7 Å². The molecule has 84 heavy (non-hydrogen) atoms. The molecule has 7 rings (SSSR count). The molecule has 0 aliphatic carbocycles. The molecular weight excluding hydrogens is 1110 g/mol. The predicted octanol–water partition coefficient (Wildman–Crippen LogP) is 3.09. The number of fused-ring (bicyclic) bond motifs is 2. The zero-order valence-electron chi connectivity index (χ0n) is 47.4. The lowest BCUT2D eigenvalue weighted by molar-refractivity contribution is -0.148. The van der Waals surface area contributed by atoms with E-state index in [-0.39, 0.29) is 108 Å². The number of aryl methyl sites for hydroxylation is 4. The number of carboxylic acid groups (broad SMARTS) is 1. The van der Waals surface area contributed by atoms with Gasteiger partial charge in [-0.1, -0.05) is 44.3 Å². The van der Waals surface area contributed by atoms with Gasteiger partial charge in [0.15, 0.2) is 10.7 Å². The van der Waals surface area contributed by atoms with Crippen molar-refractivity contribution in [3.63, 3.8) is 0 Å². The Hall–Kier alpha value is -9.54. The van der Waals surface area contributed by atoms with Crippen LogP contribution < -0.4 is 41.7 Å². The lowest BCUT2D eigenvalue weighted by Gasteiger charge is -2.22. The highest BCUT2D eigenvalue weighted by molar-refractivity contribution is 7.16. The number of carbonyl (C=O) groups is 10. The number of primary amides is 2. The van der Waals surface area contributed by atoms with E-state index in [0.717, 1.165) is 16.2 Å². The van der Waals surface area contributed by atoms with Gasteiger partial charge in [0.25, 0.3) is 11.8 Å². The molecule has 2 aromatic carbocycles. The summed E-state index contributed by atoms with van der Waals surface area (Å²) in [7, 11) is 1.43. The van der Waals surface area contributed by atoms with Gasteiger partial charge in [-0.3, -0.25) is 58.0 Å². The van der Waals surface area contributed by atoms with Gasteiger partial charge in [0.05, 0.1) is 41.9 Å². The molecule has 1 saturated heterocycles. The minimum atomic E-state index is -1.46. The third-order valence-electron chi connectivity index (χ3n) is 13.5. The van der Waals surface area contributed by atoms with Gasteiger partial charge < -0.3 is 55.0 Å². The number of ether oxygens (including phenoxy) is 3. The maximum absolute atomic E-state index is 13.9. The van der Waals surface area contributed by atoms with E-state index in [2.05, 4.69) is 31.0 Å². The first-order valence-corrected chi connectivity index (χ1v) is 27.6. The van der Waals surface area contributed by atoms with E-state index in [0.29, 0.717) is 40.1 Å². The maximum atomic E-state index is 13.9. The number of rotatable bonds is 27. The highest BCUT2D eigenvalue weighted by atomic mass is 32.1. The number of amides is 8. The molecule has 1 fully saturated rings. The van der Waals surface area contributed by atoms with Crippen molar-refractivity contribution < 1.29 is 71.7 Å². The number of hydrogen-bond acceptors (Lipinski definition) is 18. The van der Waals surface area contributed by atoms with Gasteiger partial charge in [-0.05, 0) is 69.9 Å². The van der Waals surface area contributed by atoms with E-state index in [9.17, 15) is 53.1 Å². The normalized spacial score (nSPS) is 14.4. The highest BCUT2D eigenvalue weighted by Crippen LogP contribution is 2.33. The Morgan fingerprint density at radius 1 is 0.905 bits per heavy atom. The monoisotopic (exact) mass is 1180 g/mol. The van der Waals surface area contributed by atoms with Crippen LogP contribution in [0, 0.1) is 25.7 Å². The zero-order chi connectivity index (χ0) is 61.3. The predicted molar refractivity (Wildman–Crippen MR) is 301 cm³/mol. The molecule has 5 heterocycles. The fourth-order valence-corrected chi connectivity index (χ4v) is 10.3. The summed E-state index contributed by atoms with van der Waals surface area (Å²) in [6.07, 6.45) is 2.92. The molecule has 446 valence electrons. The summed E-state index contributed by atoms with van der Waals surface area (Å²) in [6, 6.07) is 4.75. The summed E-state index contributed by atoms with van der Waals surface area (Å²) >= 11 is 1.13. The Balaban J connectivity index is 1.11. The topological polar surface area (TPSA) is 389 Å². The van der Waals surface area contributed by atoms with E-state index in [1.807, 2.05) is 6.92 Å². The summed E-state index contributed by atoms with van der Waals surface area (Å²) in [5, 5.41) is 21.3. The van der Waals surface area contributed by atoms with Gasteiger partial charge in [0, 0.05) is 62.9 Å². The average Bonchev–Trinajstić information content (AvgIpc) is 3.12. The lowest BCUT2D eigenvalue weighted by atomic mass is 9.94. The number of thiazole rings is 1. The Labute approximate surface area is 483 Å². The van der Waals surface area contributed by atoms with E-state index in [1.165, 1.54) is 32.2 Å². The summed E-state index contributed by atoms with van der Waals surface area (Å²) < 4.78 is 28.5. The number of carboxylic acids is 1. The second kappa shape index (κ2) is 27.0. The largest absolute Gasteiger partial charge is 0.494 e. The van der Waals surface area contributed by atoms with Crippen LogP contribution in [0.25, 0.3) is 21.3 Å². The second-order valence-electron chi connectivity index (χ2n) is 19.9. The first-order valence-electron chi connectivity index (χ1n) is 26.8. The number of likely N-dealkylation sites (tertiary alicyclic amines) is 1. The highest BCUT2D eigenvalue weighted by Gasteiger charge is 2.41. The van der Waals surface area contributed by atoms with Crippen LogP contribution in [0.1, 0.15) is 119 Å². The number of carbonyl (C=O) groups excluding carboxylic acids is 9. The van der Waals surface area contributed by atoms with Gasteiger partial charge in [-0.25, -0.2) is 14.8 Å². The Morgan fingerprint density at radius 3 is 2.24 bits per heavy atom. The number of benzene rings is 2. The Morgan fingerprint density at radius 2 is 1.60 bits per heavy atom. The summed E-state index contributed by atoms with van der Waals surface area (Å²) in [6.45, 7) is 11.3. The quantitative estimate of drug-likeness (QED) is 0.0187. The Bertz CT molecular complexity index is 3700. The number of imidazole rings is 1. The first-order chi connectivity index (χ1) is 39.9. The van der Waals surface area contributed by atoms with Gasteiger partial charge in [0.1, 0.15) is 46.9 Å². The summed E-state index contributed by atoms with van der Waals surface area (Å²) in [5.74, 6) is -8.00. The van der Waals surface area contributed by atoms with Crippen LogP contribution >= 0.6 is 11.3 Å². The number of aliphatic carboxylic acids is 1. The molecule has 1 aliphatic rings. The molecule has 8 amide bonds. The van der Waals surface area contributed by atoms with Gasteiger partial charge in [0.2, 0.25) is 47.2 Å². The fraction of sp³-hybridized carbons (Fsp3) is 0.418. The number of methoxy groups -OCH3 is 1. The number of oxazole rings is 1. The van der Waals surface area contributed by atoms with E-state index >= 15 is 0 Å². The molecule has 0 saturated carbocycles. The van der Waals surface area contributed by atoms with Crippen molar-refractivity contribution in [2.45, 2.75) is 112 Å². The van der Waals surface area contributed by atoms with E-state index in [1.54, 1.807) is 72.7 Å². The van der Waals surface area contributed by atoms with Gasteiger partial charge in [-0.2, -0.15) is 10.1 Å². The van der Waals surface area contributed by atoms with Crippen molar-refractivity contribution in [1.29, 1.82) is 0 Å². The first kappa shape index (κ1) is 62.1. The SMILES string of the molecule is CCc1nc(C)oc1C(=O)Nc1nc2cc(C(N)=O)cc(OCCCOC(=O)[C@H](C)NC(=O)[C@H](CCC(=O)O)NC(=O)CN3C(=O)CC(C(C)C)C3=O)c2n1C/C=C/Cn1c(=NC(=O)c2cc(C)nn2CC)sc2cc(C(N)=O)cc(OC)c21. The number of imide groups is 1. The number of hydrogen-bond donors (Lipinski definition) is 6. The van der Waals surface area contributed by atoms with Crippen LogP contribution in [0.4, 0.5) is 5.95 Å². The summed E-state index contributed by atoms with van der Waals surface area (Å²) in [5.41, 5.74) is 13.9. The number of anilines is 1. The molecule has 3 atom stereocenters. The number of nitrogens with two attached hydrogens (primary N) is 2. The third-order valence-corrected chi connectivity index (χ3v) is 14.5. The summed E-state index contributed by atoms with van der Waals surface area (Å²) in [4.78, 5) is 144. The van der Waals surface area contributed by atoms with Gasteiger partial charge >= 0.3 is 11.9 Å². The van der Waals surface area contributed by atoms with Crippen LogP contribution in [-0.2, 0) is 59.6 Å². The minimum Gasteiger partial charge on any atom is -0.494 e. The van der Waals surface area contributed by atoms with Crippen molar-refractivity contribution in [1.82, 2.24) is 44.4 Å². The molecule has 0 radical (unpaired) electrons. The second-order valence-corrected chi connectivity index (χ2v) is 20.9. The lowest BCUT2D eigenvalue weighted by Crippen LogP contribution is -2.53. The van der Waals surface area contributed by atoms with Crippen LogP contribution in [-0.4, -0.2) is 137 Å². The van der Waals surface area contributed by atoms with Crippen molar-refractivity contribution in [2.24, 2.45) is 28.3 Å². The van der Waals surface area contributed by atoms with Crippen LogP contribution in [0.5, 0.6) is 11.5 Å². The molecule has 28 nitrogen and oxygen atoms in total. The number of esters is 1. The molecule has 29 heteroatoms. The van der Waals surface area contributed by atoms with E-state index < -0.39 is 90.2 Å². The van der Waals surface area contributed by atoms with Crippen molar-refractivity contribution in [3.8, 4) is 11.5 Å². The minimum absolute atomic E-state index is 0.00141. The standard InChI is InChI=1S/C55H65N13O15S/c1-9-34-46(83-30(7)59-34)51(77)62-54-61-36-21-31(47(56)73)23-39(81-18-13-19-82-53(79)29(6)58-49(75)35(14-15-43(71)72)60-41(69)26-67-42(70)25-33(27(3)4)52(67)78)44(36)65(54)16-11-12-17-66-45-38(80-8)22-32(48(57)74)24-40(45)84-55(66)63-50(76)37-20-28(5)64-68(37)10-2/h11-12,20-24,27,29,33,35H,9-10,13-19,25-26H2,1-8H3,(H2,56,73)(H2,57,74)(H,58,75)(H,60,69)(H,71,72)(H,61,62,77)/b12-11+,63-55?/t29-,33?,35-/m0/s1. The molecule has 6 aromatic rings. The average molecular weight is 1180 g/mol. The van der Waals surface area contributed by atoms with Crippen LogP contribution in [0.15, 0.2) is 51.9 Å². The van der Waals surface area contributed by atoms with Crippen molar-refractivity contribution in [2.75, 3.05) is 32.2 Å². The number of allylic oxidation sites excluding steroid dienone is 2. The van der Waals surface area contributed by atoms with Crippen molar-refractivity contribution in [3.05, 3.63) is 87.1 Å². The van der Waals surface area contributed by atoms with E-state index in [4.69, 9.17) is 35.1 Å². The maximum Gasteiger partial charge on any atom is 0.328 e.